The van der Waals surface area contributed by atoms with Crippen molar-refractivity contribution in [2.45, 2.75) is 53.0 Å². The average molecular weight is 284 g/mol. The summed E-state index contributed by atoms with van der Waals surface area (Å²) in [5, 5.41) is 0. The first kappa shape index (κ1) is 21.0. The number of hydrogen-bond donors (Lipinski definition) is 1. The Hall–Kier alpha value is -1.29. The van der Waals surface area contributed by atoms with E-state index in [1.54, 1.807) is 13.2 Å². The second-order valence-electron chi connectivity index (χ2n) is 4.14. The molecule has 1 heterocycles. The number of pyridine rings is 1. The molecule has 0 unspecified atom stereocenters. The van der Waals surface area contributed by atoms with E-state index in [-0.39, 0.29) is 5.56 Å². The molecule has 1 aliphatic carbocycles. The summed E-state index contributed by atoms with van der Waals surface area (Å²) >= 11 is 0. The van der Waals surface area contributed by atoms with Crippen LogP contribution in [0.15, 0.2) is 23.1 Å². The minimum atomic E-state index is -0.115. The van der Waals surface area contributed by atoms with Gasteiger partial charge < -0.3 is 14.6 Å². The average Bonchev–Trinajstić information content (AvgIpc) is 2.42. The van der Waals surface area contributed by atoms with Gasteiger partial charge in [0.15, 0.2) is 0 Å². The Labute approximate surface area is 124 Å². The van der Waals surface area contributed by atoms with E-state index in [4.69, 9.17) is 4.74 Å². The van der Waals surface area contributed by atoms with Gasteiger partial charge >= 0.3 is 0 Å². The molecule has 1 aromatic heterocycles. The van der Waals surface area contributed by atoms with Crippen molar-refractivity contribution in [3.05, 3.63) is 28.7 Å². The number of hydrogen-bond acceptors (Lipinski definition) is 3. The molecule has 20 heavy (non-hydrogen) atoms. The van der Waals surface area contributed by atoms with E-state index < -0.39 is 0 Å². The molecule has 0 aliphatic heterocycles. The molecule has 118 valence electrons. The molecular weight excluding hydrogens is 252 g/mol. The van der Waals surface area contributed by atoms with E-state index in [1.165, 1.54) is 31.5 Å². The highest BCUT2D eigenvalue weighted by Crippen LogP contribution is 2.21. The summed E-state index contributed by atoms with van der Waals surface area (Å²) < 4.78 is 4.80. The van der Waals surface area contributed by atoms with Crippen LogP contribution < -0.4 is 10.3 Å². The molecule has 1 fully saturated rings. The molecule has 0 radical (unpaired) electrons. The van der Waals surface area contributed by atoms with Gasteiger partial charge in [-0.3, -0.25) is 4.79 Å². The van der Waals surface area contributed by atoms with Crippen LogP contribution in [0.1, 0.15) is 47.0 Å². The second kappa shape index (κ2) is 14.1. The molecule has 0 amide bonds. The molecule has 0 spiro atoms. The maximum Gasteiger partial charge on any atom is 0.248 e. The Morgan fingerprint density at radius 3 is 1.90 bits per heavy atom. The lowest BCUT2D eigenvalue weighted by Crippen LogP contribution is -2.33. The van der Waals surface area contributed by atoms with Crippen molar-refractivity contribution >= 4 is 0 Å². The van der Waals surface area contributed by atoms with Crippen LogP contribution in [0.3, 0.4) is 0 Å². The van der Waals surface area contributed by atoms with E-state index in [0.717, 1.165) is 6.04 Å². The Bertz CT molecular complexity index is 337. The number of nitrogens with zero attached hydrogens (tertiary/aromatic N) is 1. The first-order chi connectivity index (χ1) is 9.63. The Kier molecular flexibility index (Phi) is 14.8. The van der Waals surface area contributed by atoms with Crippen LogP contribution in [-0.4, -0.2) is 37.1 Å². The summed E-state index contributed by atoms with van der Waals surface area (Å²) in [7, 11) is 5.86. The molecule has 1 N–H and O–H groups in total. The second-order valence-corrected chi connectivity index (χ2v) is 4.14. The molecular formula is C16H32N2O2. The van der Waals surface area contributed by atoms with Gasteiger partial charge in [0.05, 0.1) is 7.11 Å². The van der Waals surface area contributed by atoms with Gasteiger partial charge in [0.25, 0.3) is 0 Å². The predicted octanol–water partition coefficient (Wildman–Crippen LogP) is 3.54. The Balaban J connectivity index is 0. The molecule has 4 nitrogen and oxygen atoms in total. The third-order valence-electron chi connectivity index (χ3n) is 2.80. The molecule has 2 rings (SSSR count). The number of aromatic amines is 1. The first-order valence-electron chi connectivity index (χ1n) is 7.52. The summed E-state index contributed by atoms with van der Waals surface area (Å²) in [6.45, 7) is 8.00. The van der Waals surface area contributed by atoms with E-state index in [9.17, 15) is 4.79 Å². The first-order valence-corrected chi connectivity index (χ1v) is 7.52. The number of rotatable bonds is 2. The standard InChI is InChI=1S/C6H7NO2.C6H13N.2C2H6/c1-9-5-2-3-6(8)7-4-5;1-7(2)6-4-3-5-6;2*1-2/h2-4H,1H3,(H,7,8);6H,3-5H2,1-2H3;2*1-2H3. The molecule has 0 bridgehead atoms. The number of ether oxygens (including phenoxy) is 1. The third kappa shape index (κ3) is 9.62. The number of nitrogens with one attached hydrogen (secondary N) is 1. The maximum absolute atomic E-state index is 10.4. The van der Waals surface area contributed by atoms with E-state index in [2.05, 4.69) is 24.0 Å². The molecule has 0 atom stereocenters. The zero-order valence-corrected chi connectivity index (χ0v) is 14.2. The number of aromatic nitrogens is 1. The third-order valence-corrected chi connectivity index (χ3v) is 2.80. The normalized spacial score (nSPS) is 12.6. The molecule has 4 heteroatoms. The van der Waals surface area contributed by atoms with Crippen molar-refractivity contribution in [3.8, 4) is 5.75 Å². The van der Waals surface area contributed by atoms with Crippen molar-refractivity contribution in [3.63, 3.8) is 0 Å². The van der Waals surface area contributed by atoms with Crippen molar-refractivity contribution in [2.24, 2.45) is 0 Å². The zero-order chi connectivity index (χ0) is 16.0. The zero-order valence-electron chi connectivity index (χ0n) is 14.2. The summed E-state index contributed by atoms with van der Waals surface area (Å²) in [6.07, 6.45) is 5.81. The number of H-pyrrole nitrogens is 1. The predicted molar refractivity (Wildman–Crippen MR) is 87.6 cm³/mol. The molecule has 1 aromatic rings. The van der Waals surface area contributed by atoms with Gasteiger partial charge in [-0.25, -0.2) is 0 Å². The lowest BCUT2D eigenvalue weighted by molar-refractivity contribution is 0.193. The summed E-state index contributed by atoms with van der Waals surface area (Å²) in [6, 6.07) is 3.94. The Morgan fingerprint density at radius 2 is 1.70 bits per heavy atom. The quantitative estimate of drug-likeness (QED) is 0.903. The lowest BCUT2D eigenvalue weighted by Gasteiger charge is -2.31. The number of methoxy groups -OCH3 is 1. The summed E-state index contributed by atoms with van der Waals surface area (Å²) in [5.41, 5.74) is -0.115. The minimum absolute atomic E-state index is 0.115. The van der Waals surface area contributed by atoms with Crippen LogP contribution in [0.5, 0.6) is 5.75 Å². The summed E-state index contributed by atoms with van der Waals surface area (Å²) in [4.78, 5) is 15.2. The van der Waals surface area contributed by atoms with Gasteiger partial charge in [-0.1, -0.05) is 34.1 Å². The van der Waals surface area contributed by atoms with Crippen molar-refractivity contribution in [1.82, 2.24) is 9.88 Å². The SMILES string of the molecule is CC.CC.CN(C)C1CCC1.COc1ccc(=O)[nH]c1. The molecule has 0 aromatic carbocycles. The highest BCUT2D eigenvalue weighted by Gasteiger charge is 2.18. The van der Waals surface area contributed by atoms with Crippen molar-refractivity contribution in [1.29, 1.82) is 0 Å². The fraction of sp³-hybridized carbons (Fsp3) is 0.688. The fourth-order valence-electron chi connectivity index (χ4n) is 1.43. The molecule has 1 saturated carbocycles. The topological polar surface area (TPSA) is 45.3 Å². The van der Waals surface area contributed by atoms with E-state index in [1.807, 2.05) is 27.7 Å². The maximum atomic E-state index is 10.4. The smallest absolute Gasteiger partial charge is 0.248 e. The summed E-state index contributed by atoms with van der Waals surface area (Å²) in [5.74, 6) is 0.662. The van der Waals surface area contributed by atoms with Crippen molar-refractivity contribution < 1.29 is 4.74 Å². The van der Waals surface area contributed by atoms with Gasteiger partial charge in [-0.2, -0.15) is 0 Å². The van der Waals surface area contributed by atoms with Crippen molar-refractivity contribution in [2.75, 3.05) is 21.2 Å². The van der Waals surface area contributed by atoms with Crippen LogP contribution >= 0.6 is 0 Å². The van der Waals surface area contributed by atoms with Crippen LogP contribution in [-0.2, 0) is 0 Å². The van der Waals surface area contributed by atoms with Gasteiger partial charge in [0.1, 0.15) is 5.75 Å². The van der Waals surface area contributed by atoms with Gasteiger partial charge in [-0.15, -0.1) is 0 Å². The van der Waals surface area contributed by atoms with Gasteiger partial charge in [0, 0.05) is 18.3 Å². The van der Waals surface area contributed by atoms with Crippen LogP contribution in [0, 0.1) is 0 Å². The molecule has 0 saturated heterocycles. The fourth-order valence-corrected chi connectivity index (χ4v) is 1.43. The highest BCUT2D eigenvalue weighted by molar-refractivity contribution is 5.14. The van der Waals surface area contributed by atoms with Crippen LogP contribution in [0.4, 0.5) is 0 Å². The van der Waals surface area contributed by atoms with Gasteiger partial charge in [0.2, 0.25) is 5.56 Å². The van der Waals surface area contributed by atoms with E-state index >= 15 is 0 Å². The van der Waals surface area contributed by atoms with Crippen LogP contribution in [0.2, 0.25) is 0 Å². The minimum Gasteiger partial charge on any atom is -0.495 e. The van der Waals surface area contributed by atoms with Gasteiger partial charge in [-0.05, 0) is 33.0 Å². The lowest BCUT2D eigenvalue weighted by atomic mass is 9.92. The highest BCUT2D eigenvalue weighted by atomic mass is 16.5. The Morgan fingerprint density at radius 1 is 1.15 bits per heavy atom. The monoisotopic (exact) mass is 284 g/mol. The largest absolute Gasteiger partial charge is 0.495 e. The van der Waals surface area contributed by atoms with Crippen LogP contribution in [0.25, 0.3) is 0 Å². The molecule has 1 aliphatic rings. The van der Waals surface area contributed by atoms with E-state index in [0.29, 0.717) is 5.75 Å².